The Hall–Kier alpha value is -8.40. The van der Waals surface area contributed by atoms with Gasteiger partial charge < -0.3 is 13.9 Å². The molecule has 12 rings (SSSR count). The quantitative estimate of drug-likeness (QED) is 0.153. The topological polar surface area (TPSA) is 21.3 Å². The Morgan fingerprint density at radius 3 is 1.46 bits per heavy atom. The summed E-state index contributed by atoms with van der Waals surface area (Å²) in [7, 11) is 0. The molecule has 3 heteroatoms. The first-order chi connectivity index (χ1) is 31.2. The fourth-order valence-corrected chi connectivity index (χ4v) is 9.48. The minimum atomic E-state index is 0.897. The van der Waals surface area contributed by atoms with Gasteiger partial charge >= 0.3 is 0 Å². The smallest absolute Gasteiger partial charge is 0.136 e. The highest BCUT2D eigenvalue weighted by Gasteiger charge is 2.18. The number of rotatable bonds is 8. The fraction of sp³-hybridized carbons (Fsp3) is 0. The lowest BCUT2D eigenvalue weighted by atomic mass is 9.94. The zero-order valence-corrected chi connectivity index (χ0v) is 34.4. The number of aromatic nitrogens is 1. The Morgan fingerprint density at radius 1 is 0.302 bits per heavy atom. The summed E-state index contributed by atoms with van der Waals surface area (Å²) >= 11 is 0. The van der Waals surface area contributed by atoms with Crippen molar-refractivity contribution in [2.45, 2.75) is 0 Å². The first kappa shape index (κ1) is 36.5. The molecule has 10 aromatic carbocycles. The summed E-state index contributed by atoms with van der Waals surface area (Å²) in [5.41, 5.74) is 18.0. The van der Waals surface area contributed by atoms with Crippen LogP contribution in [-0.2, 0) is 0 Å². The van der Waals surface area contributed by atoms with E-state index in [1.807, 2.05) is 12.1 Å². The highest BCUT2D eigenvalue weighted by Crippen LogP contribution is 2.42. The number of benzene rings is 10. The van der Waals surface area contributed by atoms with E-state index in [9.17, 15) is 0 Å². The van der Waals surface area contributed by atoms with E-state index in [2.05, 4.69) is 240 Å². The third-order valence-corrected chi connectivity index (χ3v) is 12.4. The maximum Gasteiger partial charge on any atom is 0.136 e. The summed E-state index contributed by atoms with van der Waals surface area (Å²) in [5.74, 6) is 0. The third-order valence-electron chi connectivity index (χ3n) is 12.4. The molecule has 296 valence electrons. The van der Waals surface area contributed by atoms with Gasteiger partial charge in [0.1, 0.15) is 11.2 Å². The molecule has 2 aromatic heterocycles. The molecule has 0 fully saturated rings. The van der Waals surface area contributed by atoms with E-state index in [-0.39, 0.29) is 0 Å². The summed E-state index contributed by atoms with van der Waals surface area (Å²) in [6.07, 6.45) is 0. The number of anilines is 3. The molecule has 63 heavy (non-hydrogen) atoms. The van der Waals surface area contributed by atoms with Crippen LogP contribution in [0, 0.1) is 0 Å². The Kier molecular flexibility index (Phi) is 8.83. The highest BCUT2D eigenvalue weighted by molar-refractivity contribution is 6.12. The number of nitrogens with zero attached hydrogens (tertiary/aromatic N) is 2. The normalized spacial score (nSPS) is 11.5. The van der Waals surface area contributed by atoms with E-state index >= 15 is 0 Å². The van der Waals surface area contributed by atoms with Crippen molar-refractivity contribution in [3.63, 3.8) is 0 Å². The SMILES string of the molecule is c1ccc(-c2ccccc2-c2cccc(N(c3ccc(-c4ccc(-n5c6ccccc6c6ccccc65)cc4)cc3)c3ccc(-c4cccc5oc6ccccc6c45)cc3)c2)cc1. The molecule has 0 atom stereocenters. The van der Waals surface area contributed by atoms with Gasteiger partial charge in [-0.05, 0) is 117 Å². The number of para-hydroxylation sites is 3. The molecule has 2 heterocycles. The van der Waals surface area contributed by atoms with Crippen LogP contribution in [0.2, 0.25) is 0 Å². The van der Waals surface area contributed by atoms with Crippen molar-refractivity contribution in [3.05, 3.63) is 243 Å². The van der Waals surface area contributed by atoms with Gasteiger partial charge in [-0.2, -0.15) is 0 Å². The number of furan rings is 1. The van der Waals surface area contributed by atoms with Crippen LogP contribution < -0.4 is 4.90 Å². The summed E-state index contributed by atoms with van der Waals surface area (Å²) in [6.45, 7) is 0. The van der Waals surface area contributed by atoms with Crippen LogP contribution in [0.4, 0.5) is 17.1 Å². The molecule has 0 amide bonds. The Bertz CT molecular complexity index is 3550. The van der Waals surface area contributed by atoms with Crippen molar-refractivity contribution in [1.29, 1.82) is 0 Å². The minimum absolute atomic E-state index is 0.897. The molecule has 0 aliphatic heterocycles. The fourth-order valence-electron chi connectivity index (χ4n) is 9.48. The van der Waals surface area contributed by atoms with Crippen molar-refractivity contribution in [2.75, 3.05) is 4.90 Å². The molecular formula is C60H40N2O. The molecule has 0 aliphatic carbocycles. The number of hydrogen-bond acceptors (Lipinski definition) is 2. The van der Waals surface area contributed by atoms with Crippen molar-refractivity contribution in [3.8, 4) is 50.2 Å². The molecule has 0 saturated heterocycles. The van der Waals surface area contributed by atoms with Crippen molar-refractivity contribution in [1.82, 2.24) is 4.57 Å². The molecule has 0 saturated carbocycles. The van der Waals surface area contributed by atoms with Gasteiger partial charge in [-0.25, -0.2) is 0 Å². The maximum absolute atomic E-state index is 6.26. The van der Waals surface area contributed by atoms with Gasteiger partial charge in [0.15, 0.2) is 0 Å². The first-order valence-corrected chi connectivity index (χ1v) is 21.5. The van der Waals surface area contributed by atoms with Gasteiger partial charge in [-0.1, -0.05) is 170 Å². The Labute approximate surface area is 366 Å². The summed E-state index contributed by atoms with van der Waals surface area (Å²) < 4.78 is 8.63. The second-order valence-electron chi connectivity index (χ2n) is 16.1. The van der Waals surface area contributed by atoms with Crippen LogP contribution in [0.15, 0.2) is 247 Å². The Balaban J connectivity index is 0.934. The van der Waals surface area contributed by atoms with Gasteiger partial charge in [0.05, 0.1) is 11.0 Å². The molecule has 0 aliphatic rings. The lowest BCUT2D eigenvalue weighted by Gasteiger charge is -2.27. The molecule has 0 unspecified atom stereocenters. The first-order valence-electron chi connectivity index (χ1n) is 21.5. The lowest BCUT2D eigenvalue weighted by Crippen LogP contribution is -2.10. The van der Waals surface area contributed by atoms with Crippen LogP contribution in [0.25, 0.3) is 93.9 Å². The van der Waals surface area contributed by atoms with E-state index in [1.54, 1.807) is 0 Å². The van der Waals surface area contributed by atoms with Crippen LogP contribution in [0.1, 0.15) is 0 Å². The minimum Gasteiger partial charge on any atom is -0.456 e. The lowest BCUT2D eigenvalue weighted by molar-refractivity contribution is 0.669. The van der Waals surface area contributed by atoms with Crippen LogP contribution in [-0.4, -0.2) is 4.57 Å². The van der Waals surface area contributed by atoms with Crippen LogP contribution in [0.5, 0.6) is 0 Å². The molecule has 0 N–H and O–H groups in total. The average Bonchev–Trinajstić information content (AvgIpc) is 3.91. The van der Waals surface area contributed by atoms with Crippen molar-refractivity contribution < 1.29 is 4.42 Å². The van der Waals surface area contributed by atoms with Crippen molar-refractivity contribution >= 4 is 60.8 Å². The van der Waals surface area contributed by atoms with E-state index in [0.29, 0.717) is 0 Å². The largest absolute Gasteiger partial charge is 0.456 e. The van der Waals surface area contributed by atoms with E-state index < -0.39 is 0 Å². The standard InChI is InChI=1S/C60H40N2O/c1-2-14-43(15-3-1)50-18-4-5-19-51(50)45-16-12-17-49(40-45)61(47-38-32-44(33-39-47)52-23-13-27-59-60(52)55-22-8-11-26-58(55)63-59)46-34-28-41(29-35-46)42-30-36-48(37-31-42)62-56-24-9-6-20-53(56)54-21-7-10-25-57(54)62/h1-40H. The van der Waals surface area contributed by atoms with E-state index in [4.69, 9.17) is 4.42 Å². The predicted molar refractivity (Wildman–Crippen MR) is 264 cm³/mol. The summed E-state index contributed by atoms with van der Waals surface area (Å²) in [5, 5.41) is 4.80. The van der Waals surface area contributed by atoms with E-state index in [1.165, 1.54) is 44.1 Å². The zero-order chi connectivity index (χ0) is 41.7. The Morgan fingerprint density at radius 2 is 0.778 bits per heavy atom. The predicted octanol–water partition coefficient (Wildman–Crippen LogP) is 16.8. The van der Waals surface area contributed by atoms with E-state index in [0.717, 1.165) is 66.9 Å². The molecule has 12 aromatic rings. The second kappa shape index (κ2) is 15.3. The van der Waals surface area contributed by atoms with Gasteiger partial charge in [0, 0.05) is 44.3 Å². The van der Waals surface area contributed by atoms with Gasteiger partial charge in [-0.3, -0.25) is 0 Å². The molecule has 3 nitrogen and oxygen atoms in total. The van der Waals surface area contributed by atoms with Gasteiger partial charge in [-0.15, -0.1) is 0 Å². The molecule has 0 spiro atoms. The highest BCUT2D eigenvalue weighted by atomic mass is 16.3. The summed E-state index contributed by atoms with van der Waals surface area (Å²) in [6, 6.07) is 87.1. The van der Waals surface area contributed by atoms with Crippen LogP contribution in [0.3, 0.4) is 0 Å². The summed E-state index contributed by atoms with van der Waals surface area (Å²) in [4.78, 5) is 2.36. The average molecular weight is 805 g/mol. The monoisotopic (exact) mass is 804 g/mol. The third kappa shape index (κ3) is 6.38. The molecule has 0 radical (unpaired) electrons. The second-order valence-corrected chi connectivity index (χ2v) is 16.1. The molecular weight excluding hydrogens is 765 g/mol. The zero-order valence-electron chi connectivity index (χ0n) is 34.4. The van der Waals surface area contributed by atoms with Gasteiger partial charge in [0.25, 0.3) is 0 Å². The number of fused-ring (bicyclic) bond motifs is 6. The van der Waals surface area contributed by atoms with Crippen molar-refractivity contribution in [2.24, 2.45) is 0 Å². The number of hydrogen-bond donors (Lipinski definition) is 0. The molecule has 0 bridgehead atoms. The van der Waals surface area contributed by atoms with Crippen LogP contribution >= 0.6 is 0 Å². The maximum atomic E-state index is 6.26. The van der Waals surface area contributed by atoms with Gasteiger partial charge in [0.2, 0.25) is 0 Å².